The van der Waals surface area contributed by atoms with Crippen molar-refractivity contribution in [1.29, 1.82) is 0 Å². The van der Waals surface area contributed by atoms with Crippen LogP contribution in [0.4, 0.5) is 5.69 Å². The van der Waals surface area contributed by atoms with Crippen molar-refractivity contribution in [2.24, 2.45) is 0 Å². The average molecular weight is 234 g/mol. The van der Waals surface area contributed by atoms with Crippen LogP contribution in [0.25, 0.3) is 0 Å². The van der Waals surface area contributed by atoms with Gasteiger partial charge in [-0.3, -0.25) is 4.79 Å². The Kier molecular flexibility index (Phi) is 5.53. The van der Waals surface area contributed by atoms with Gasteiger partial charge in [-0.05, 0) is 24.5 Å². The van der Waals surface area contributed by atoms with Crippen molar-refractivity contribution in [2.75, 3.05) is 12.3 Å². The van der Waals surface area contributed by atoms with Crippen LogP contribution < -0.4 is 5.73 Å². The molecule has 1 aromatic carbocycles. The summed E-state index contributed by atoms with van der Waals surface area (Å²) in [4.78, 5) is 13.8. The van der Waals surface area contributed by atoms with Gasteiger partial charge in [0.2, 0.25) is 5.91 Å². The molecule has 0 fully saturated rings. The molecule has 0 heterocycles. The molecule has 0 spiro atoms. The minimum absolute atomic E-state index is 0.220. The number of nitrogens with two attached hydrogens (primary N) is 1. The number of rotatable bonds is 6. The third-order valence-electron chi connectivity index (χ3n) is 2.73. The van der Waals surface area contributed by atoms with Gasteiger partial charge in [0, 0.05) is 25.2 Å². The molecule has 0 unspecified atom stereocenters. The molecule has 3 heteroatoms. The predicted molar refractivity (Wildman–Crippen MR) is 71.5 cm³/mol. The topological polar surface area (TPSA) is 46.3 Å². The summed E-state index contributed by atoms with van der Waals surface area (Å²) in [5.74, 6) is 0.220. The Morgan fingerprint density at radius 2 is 1.94 bits per heavy atom. The summed E-state index contributed by atoms with van der Waals surface area (Å²) in [6, 6.07) is 7.73. The quantitative estimate of drug-likeness (QED) is 0.769. The summed E-state index contributed by atoms with van der Waals surface area (Å²) in [5, 5.41) is 0. The van der Waals surface area contributed by atoms with E-state index in [1.807, 2.05) is 36.1 Å². The Labute approximate surface area is 104 Å². The zero-order valence-corrected chi connectivity index (χ0v) is 10.8. The SMILES string of the molecule is CCCC(=O)N(CCC)Cc1ccccc1N. The normalized spacial score (nSPS) is 10.2. The van der Waals surface area contributed by atoms with Gasteiger partial charge >= 0.3 is 0 Å². The molecule has 0 saturated carbocycles. The second kappa shape index (κ2) is 6.94. The van der Waals surface area contributed by atoms with Crippen LogP contribution >= 0.6 is 0 Å². The molecular weight excluding hydrogens is 212 g/mol. The van der Waals surface area contributed by atoms with Crippen molar-refractivity contribution in [3.8, 4) is 0 Å². The number of nitrogens with zero attached hydrogens (tertiary/aromatic N) is 1. The molecule has 0 aliphatic rings. The van der Waals surface area contributed by atoms with Crippen molar-refractivity contribution < 1.29 is 4.79 Å². The number of benzene rings is 1. The number of anilines is 1. The van der Waals surface area contributed by atoms with E-state index in [1.54, 1.807) is 0 Å². The second-order valence-corrected chi connectivity index (χ2v) is 4.26. The standard InChI is InChI=1S/C14H22N2O/c1-3-7-14(17)16(10-4-2)11-12-8-5-6-9-13(12)15/h5-6,8-9H,3-4,7,10-11,15H2,1-2H3. The van der Waals surface area contributed by atoms with Gasteiger partial charge in [-0.15, -0.1) is 0 Å². The minimum Gasteiger partial charge on any atom is -0.398 e. The molecule has 1 amide bonds. The lowest BCUT2D eigenvalue weighted by Crippen LogP contribution is -2.31. The van der Waals surface area contributed by atoms with Gasteiger partial charge < -0.3 is 10.6 Å². The van der Waals surface area contributed by atoms with Gasteiger partial charge in [-0.25, -0.2) is 0 Å². The molecule has 0 aliphatic heterocycles. The maximum atomic E-state index is 11.9. The van der Waals surface area contributed by atoms with E-state index in [0.717, 1.165) is 30.6 Å². The lowest BCUT2D eigenvalue weighted by molar-refractivity contribution is -0.131. The summed E-state index contributed by atoms with van der Waals surface area (Å²) >= 11 is 0. The fourth-order valence-electron chi connectivity index (χ4n) is 1.82. The first-order valence-corrected chi connectivity index (χ1v) is 6.30. The highest BCUT2D eigenvalue weighted by molar-refractivity contribution is 5.76. The van der Waals surface area contributed by atoms with Crippen LogP contribution in [0, 0.1) is 0 Å². The number of carbonyl (C=O) groups is 1. The monoisotopic (exact) mass is 234 g/mol. The predicted octanol–water partition coefficient (Wildman–Crippen LogP) is 2.81. The number of carbonyl (C=O) groups excluding carboxylic acids is 1. The van der Waals surface area contributed by atoms with Crippen LogP contribution in [0.2, 0.25) is 0 Å². The average Bonchev–Trinajstić information content (AvgIpc) is 2.31. The molecule has 2 N–H and O–H groups in total. The molecule has 0 atom stereocenters. The maximum Gasteiger partial charge on any atom is 0.222 e. The van der Waals surface area contributed by atoms with Crippen LogP contribution in [0.3, 0.4) is 0 Å². The Morgan fingerprint density at radius 1 is 1.24 bits per heavy atom. The molecule has 17 heavy (non-hydrogen) atoms. The molecule has 0 radical (unpaired) electrons. The third-order valence-corrected chi connectivity index (χ3v) is 2.73. The maximum absolute atomic E-state index is 11.9. The van der Waals surface area contributed by atoms with Crippen LogP contribution in [0.1, 0.15) is 38.7 Å². The number of amides is 1. The molecule has 0 aliphatic carbocycles. The van der Waals surface area contributed by atoms with Crippen LogP contribution in [0.5, 0.6) is 0 Å². The second-order valence-electron chi connectivity index (χ2n) is 4.26. The van der Waals surface area contributed by atoms with E-state index in [4.69, 9.17) is 5.73 Å². The van der Waals surface area contributed by atoms with Gasteiger partial charge in [0.15, 0.2) is 0 Å². The molecule has 94 valence electrons. The van der Waals surface area contributed by atoms with Gasteiger partial charge in [-0.1, -0.05) is 32.0 Å². The van der Waals surface area contributed by atoms with Crippen LogP contribution in [-0.2, 0) is 11.3 Å². The number of nitrogen functional groups attached to an aromatic ring is 1. The van der Waals surface area contributed by atoms with Gasteiger partial charge in [0.05, 0.1) is 0 Å². The zero-order valence-electron chi connectivity index (χ0n) is 10.8. The Hall–Kier alpha value is -1.51. The van der Waals surface area contributed by atoms with E-state index < -0.39 is 0 Å². The lowest BCUT2D eigenvalue weighted by atomic mass is 10.1. The third kappa shape index (κ3) is 4.10. The summed E-state index contributed by atoms with van der Waals surface area (Å²) in [5.41, 5.74) is 7.70. The number of hydrogen-bond acceptors (Lipinski definition) is 2. The summed E-state index contributed by atoms with van der Waals surface area (Å²) in [6.07, 6.45) is 2.48. The molecule has 0 bridgehead atoms. The Morgan fingerprint density at radius 3 is 2.53 bits per heavy atom. The Bertz CT molecular complexity index is 363. The van der Waals surface area contributed by atoms with Crippen molar-refractivity contribution in [2.45, 2.75) is 39.7 Å². The van der Waals surface area contributed by atoms with Gasteiger partial charge in [0.25, 0.3) is 0 Å². The van der Waals surface area contributed by atoms with E-state index >= 15 is 0 Å². The van der Waals surface area contributed by atoms with Crippen LogP contribution in [0.15, 0.2) is 24.3 Å². The Balaban J connectivity index is 2.73. The molecule has 1 aromatic rings. The van der Waals surface area contributed by atoms with E-state index in [0.29, 0.717) is 13.0 Å². The first-order valence-electron chi connectivity index (χ1n) is 6.30. The highest BCUT2D eigenvalue weighted by Crippen LogP contribution is 2.14. The minimum atomic E-state index is 0.220. The first kappa shape index (κ1) is 13.6. The highest BCUT2D eigenvalue weighted by atomic mass is 16.2. The van der Waals surface area contributed by atoms with Crippen LogP contribution in [-0.4, -0.2) is 17.4 Å². The van der Waals surface area contributed by atoms with Crippen molar-refractivity contribution in [3.63, 3.8) is 0 Å². The van der Waals surface area contributed by atoms with Crippen molar-refractivity contribution in [3.05, 3.63) is 29.8 Å². The van der Waals surface area contributed by atoms with Crippen molar-refractivity contribution in [1.82, 2.24) is 4.90 Å². The van der Waals surface area contributed by atoms with E-state index in [2.05, 4.69) is 6.92 Å². The highest BCUT2D eigenvalue weighted by Gasteiger charge is 2.12. The van der Waals surface area contributed by atoms with E-state index in [1.165, 1.54) is 0 Å². The molecule has 1 rings (SSSR count). The molecule has 0 saturated heterocycles. The summed E-state index contributed by atoms with van der Waals surface area (Å²) in [6.45, 7) is 5.53. The number of hydrogen-bond donors (Lipinski definition) is 1. The molecule has 3 nitrogen and oxygen atoms in total. The lowest BCUT2D eigenvalue weighted by Gasteiger charge is -2.22. The van der Waals surface area contributed by atoms with E-state index in [9.17, 15) is 4.79 Å². The summed E-state index contributed by atoms with van der Waals surface area (Å²) < 4.78 is 0. The summed E-state index contributed by atoms with van der Waals surface area (Å²) in [7, 11) is 0. The fraction of sp³-hybridized carbons (Fsp3) is 0.500. The van der Waals surface area contributed by atoms with Gasteiger partial charge in [0.1, 0.15) is 0 Å². The van der Waals surface area contributed by atoms with Gasteiger partial charge in [-0.2, -0.15) is 0 Å². The van der Waals surface area contributed by atoms with E-state index in [-0.39, 0.29) is 5.91 Å². The smallest absolute Gasteiger partial charge is 0.222 e. The fourth-order valence-corrected chi connectivity index (χ4v) is 1.82. The zero-order chi connectivity index (χ0) is 12.7. The number of para-hydroxylation sites is 1. The largest absolute Gasteiger partial charge is 0.398 e. The molecular formula is C14H22N2O. The molecule has 0 aromatic heterocycles. The van der Waals surface area contributed by atoms with Crippen molar-refractivity contribution >= 4 is 11.6 Å². The first-order chi connectivity index (χ1) is 8.19.